The number of ether oxygens (including phenoxy) is 1. The average Bonchev–Trinajstić information content (AvgIpc) is 2.86. The van der Waals surface area contributed by atoms with Crippen molar-refractivity contribution in [1.82, 2.24) is 25.3 Å². The smallest absolute Gasteiger partial charge is 0.191 e. The first-order chi connectivity index (χ1) is 15.6. The largest absolute Gasteiger partial charge is 0.497 e. The highest BCUT2D eigenvalue weighted by molar-refractivity contribution is 14.0. The van der Waals surface area contributed by atoms with E-state index in [1.165, 1.54) is 37.9 Å². The summed E-state index contributed by atoms with van der Waals surface area (Å²) in [4.78, 5) is 12.2. The van der Waals surface area contributed by atoms with E-state index in [4.69, 9.17) is 4.74 Å². The van der Waals surface area contributed by atoms with E-state index in [1.807, 2.05) is 7.05 Å². The second kappa shape index (κ2) is 15.0. The van der Waals surface area contributed by atoms with Crippen molar-refractivity contribution in [1.29, 1.82) is 0 Å². The summed E-state index contributed by atoms with van der Waals surface area (Å²) in [5, 5.41) is 7.17. The van der Waals surface area contributed by atoms with Crippen LogP contribution >= 0.6 is 24.0 Å². The molecule has 0 radical (unpaired) electrons. The first kappa shape index (κ1) is 28.1. The van der Waals surface area contributed by atoms with Crippen LogP contribution in [0.2, 0.25) is 0 Å². The van der Waals surface area contributed by atoms with Crippen LogP contribution in [0.5, 0.6) is 5.75 Å². The van der Waals surface area contributed by atoms with E-state index in [-0.39, 0.29) is 24.0 Å². The maximum absolute atomic E-state index is 5.36. The first-order valence-corrected chi connectivity index (χ1v) is 12.4. The molecule has 0 bridgehead atoms. The predicted molar refractivity (Wildman–Crippen MR) is 149 cm³/mol. The molecule has 2 aliphatic rings. The van der Waals surface area contributed by atoms with E-state index in [0.29, 0.717) is 12.1 Å². The molecule has 2 saturated heterocycles. The summed E-state index contributed by atoms with van der Waals surface area (Å²) in [5.41, 5.74) is 1.33. The number of likely N-dealkylation sites (N-methyl/N-ethyl adjacent to an activating group) is 1. The molecule has 188 valence electrons. The highest BCUT2D eigenvalue weighted by Gasteiger charge is 2.23. The lowest BCUT2D eigenvalue weighted by molar-refractivity contribution is 0.107. The monoisotopic (exact) mass is 572 g/mol. The molecular formula is C25H45IN6O. The van der Waals surface area contributed by atoms with Crippen LogP contribution in [0, 0.1) is 0 Å². The summed E-state index contributed by atoms with van der Waals surface area (Å²) >= 11 is 0. The molecule has 2 heterocycles. The number of rotatable bonds is 9. The Morgan fingerprint density at radius 3 is 2.15 bits per heavy atom. The van der Waals surface area contributed by atoms with Crippen LogP contribution in [0.25, 0.3) is 0 Å². The van der Waals surface area contributed by atoms with Crippen molar-refractivity contribution in [3.8, 4) is 5.75 Å². The number of nitrogens with one attached hydrogen (secondary N) is 2. The van der Waals surface area contributed by atoms with Crippen LogP contribution in [0.4, 0.5) is 0 Å². The summed E-state index contributed by atoms with van der Waals surface area (Å²) in [6.45, 7) is 14.4. The summed E-state index contributed by atoms with van der Waals surface area (Å²) in [6.07, 6.45) is 3.90. The third-order valence-corrected chi connectivity index (χ3v) is 7.06. The number of hydrogen-bond donors (Lipinski definition) is 2. The molecule has 0 saturated carbocycles. The molecule has 1 aromatic rings. The third kappa shape index (κ3) is 8.56. The molecule has 7 nitrogen and oxygen atoms in total. The van der Waals surface area contributed by atoms with Gasteiger partial charge in [-0.1, -0.05) is 25.5 Å². The molecule has 2 N–H and O–H groups in total. The highest BCUT2D eigenvalue weighted by atomic mass is 127. The van der Waals surface area contributed by atoms with Crippen LogP contribution in [-0.2, 0) is 0 Å². The van der Waals surface area contributed by atoms with Crippen LogP contribution < -0.4 is 15.4 Å². The maximum atomic E-state index is 5.36. The topological polar surface area (TPSA) is 55.4 Å². The summed E-state index contributed by atoms with van der Waals surface area (Å²) in [5.74, 6) is 1.80. The number of aliphatic imine (C=N–C) groups is 1. The minimum atomic E-state index is 0. The SMILES string of the molecule is CCN1CCN(C(C)CNC(=NC)NCC(c2ccc(OC)cc2)N2CCCCC2)CC1.I. The molecule has 8 heteroatoms. The minimum absolute atomic E-state index is 0. The number of guanidine groups is 1. The lowest BCUT2D eigenvalue weighted by Gasteiger charge is -2.38. The number of nitrogens with zero attached hydrogens (tertiary/aromatic N) is 4. The Balaban J connectivity index is 0.00000385. The van der Waals surface area contributed by atoms with Gasteiger partial charge >= 0.3 is 0 Å². The number of piperidine rings is 1. The van der Waals surface area contributed by atoms with Crippen molar-refractivity contribution in [2.75, 3.05) is 73.1 Å². The molecule has 2 aliphatic heterocycles. The Bertz CT molecular complexity index is 687. The number of halogens is 1. The van der Waals surface area contributed by atoms with Gasteiger partial charge < -0.3 is 20.3 Å². The van der Waals surface area contributed by atoms with Gasteiger partial charge in [-0.3, -0.25) is 14.8 Å². The lowest BCUT2D eigenvalue weighted by Crippen LogP contribution is -2.53. The number of benzene rings is 1. The number of hydrogen-bond acceptors (Lipinski definition) is 5. The van der Waals surface area contributed by atoms with Crippen LogP contribution in [-0.4, -0.2) is 99.8 Å². The van der Waals surface area contributed by atoms with Gasteiger partial charge in [0, 0.05) is 52.4 Å². The van der Waals surface area contributed by atoms with Gasteiger partial charge in [-0.25, -0.2) is 0 Å². The predicted octanol–water partition coefficient (Wildman–Crippen LogP) is 3.03. The number of methoxy groups -OCH3 is 1. The Labute approximate surface area is 218 Å². The zero-order chi connectivity index (χ0) is 22.8. The van der Waals surface area contributed by atoms with E-state index >= 15 is 0 Å². The van der Waals surface area contributed by atoms with E-state index in [1.54, 1.807) is 7.11 Å². The molecule has 0 aromatic heterocycles. The van der Waals surface area contributed by atoms with Crippen molar-refractivity contribution in [3.63, 3.8) is 0 Å². The van der Waals surface area contributed by atoms with Gasteiger partial charge in [0.15, 0.2) is 5.96 Å². The average molecular weight is 573 g/mol. The van der Waals surface area contributed by atoms with E-state index < -0.39 is 0 Å². The van der Waals surface area contributed by atoms with Crippen molar-refractivity contribution in [2.24, 2.45) is 4.99 Å². The fourth-order valence-corrected chi connectivity index (χ4v) is 4.82. The van der Waals surface area contributed by atoms with Crippen molar-refractivity contribution in [2.45, 2.75) is 45.2 Å². The third-order valence-electron chi connectivity index (χ3n) is 7.06. The van der Waals surface area contributed by atoms with Crippen molar-refractivity contribution in [3.05, 3.63) is 29.8 Å². The molecule has 0 spiro atoms. The van der Waals surface area contributed by atoms with Gasteiger partial charge in [-0.05, 0) is 57.1 Å². The molecule has 2 fully saturated rings. The van der Waals surface area contributed by atoms with Crippen molar-refractivity contribution < 1.29 is 4.74 Å². The Kier molecular flexibility index (Phi) is 12.8. The molecule has 3 rings (SSSR count). The minimum Gasteiger partial charge on any atom is -0.497 e. The van der Waals surface area contributed by atoms with E-state index in [9.17, 15) is 0 Å². The Morgan fingerprint density at radius 2 is 1.58 bits per heavy atom. The van der Waals surface area contributed by atoms with Gasteiger partial charge in [0.1, 0.15) is 5.75 Å². The molecular weight excluding hydrogens is 527 g/mol. The second-order valence-corrected chi connectivity index (χ2v) is 9.04. The van der Waals surface area contributed by atoms with Gasteiger partial charge in [0.05, 0.1) is 13.2 Å². The number of piperazine rings is 1. The van der Waals surface area contributed by atoms with Crippen LogP contribution in [0.3, 0.4) is 0 Å². The Morgan fingerprint density at radius 1 is 0.939 bits per heavy atom. The van der Waals surface area contributed by atoms with Gasteiger partial charge in [0.2, 0.25) is 0 Å². The summed E-state index contributed by atoms with van der Waals surface area (Å²) < 4.78 is 5.36. The molecule has 2 atom stereocenters. The second-order valence-electron chi connectivity index (χ2n) is 9.04. The maximum Gasteiger partial charge on any atom is 0.191 e. The lowest BCUT2D eigenvalue weighted by atomic mass is 10.0. The fraction of sp³-hybridized carbons (Fsp3) is 0.720. The van der Waals surface area contributed by atoms with Gasteiger partial charge in [0.25, 0.3) is 0 Å². The van der Waals surface area contributed by atoms with E-state index in [0.717, 1.165) is 57.5 Å². The standard InChI is InChI=1S/C25H44N6O.HI/c1-5-29-15-17-30(18-16-29)21(2)19-27-25(26-3)28-20-24(31-13-7-6-8-14-31)22-9-11-23(32-4)12-10-22;/h9-12,21,24H,5-8,13-20H2,1-4H3,(H2,26,27,28);1H. The van der Waals surface area contributed by atoms with Gasteiger partial charge in [-0.2, -0.15) is 0 Å². The summed E-state index contributed by atoms with van der Waals surface area (Å²) in [7, 11) is 3.59. The zero-order valence-corrected chi connectivity index (χ0v) is 23.4. The van der Waals surface area contributed by atoms with Crippen molar-refractivity contribution >= 4 is 29.9 Å². The Hall–Kier alpha value is -1.10. The first-order valence-electron chi connectivity index (χ1n) is 12.4. The van der Waals surface area contributed by atoms with E-state index in [2.05, 4.69) is 68.4 Å². The van der Waals surface area contributed by atoms with Crippen LogP contribution in [0.1, 0.15) is 44.7 Å². The molecule has 1 aromatic carbocycles. The van der Waals surface area contributed by atoms with Crippen LogP contribution in [0.15, 0.2) is 29.3 Å². The zero-order valence-electron chi connectivity index (χ0n) is 21.1. The van der Waals surface area contributed by atoms with Gasteiger partial charge in [-0.15, -0.1) is 24.0 Å². The highest BCUT2D eigenvalue weighted by Crippen LogP contribution is 2.25. The molecule has 0 aliphatic carbocycles. The number of likely N-dealkylation sites (tertiary alicyclic amines) is 1. The fourth-order valence-electron chi connectivity index (χ4n) is 4.82. The molecule has 0 amide bonds. The summed E-state index contributed by atoms with van der Waals surface area (Å²) in [6, 6.07) is 9.37. The molecule has 2 unspecified atom stereocenters. The normalized spacial score (nSPS) is 20.5. The molecule has 33 heavy (non-hydrogen) atoms. The quantitative estimate of drug-likeness (QED) is 0.270.